The first-order valence-corrected chi connectivity index (χ1v) is 12.8. The first kappa shape index (κ1) is 26.0. The van der Waals surface area contributed by atoms with Crippen LogP contribution in [-0.2, 0) is 9.63 Å². The maximum absolute atomic E-state index is 11.7. The maximum Gasteiger partial charge on any atom is 0.332 e. The van der Waals surface area contributed by atoms with E-state index in [1.165, 1.54) is 114 Å². The number of nitrogens with zero attached hydrogens (tertiary/aromatic N) is 2. The van der Waals surface area contributed by atoms with Gasteiger partial charge in [0.1, 0.15) is 6.34 Å². The number of unbranched alkanes of at least 4 members (excludes halogenated alkanes) is 18. The molecule has 0 aromatic carbocycles. The number of carbonyl (C=O) groups excluding carboxylic acids is 1. The Morgan fingerprint density at radius 1 is 0.724 bits per heavy atom. The Kier molecular flexibility index (Phi) is 18.1. The number of aliphatic imine (C=N–C) groups is 1. The molecule has 0 bridgehead atoms. The van der Waals surface area contributed by atoms with Crippen LogP contribution >= 0.6 is 0 Å². The van der Waals surface area contributed by atoms with Gasteiger partial charge in [0, 0.05) is 6.42 Å². The average Bonchev–Trinajstić information content (AvgIpc) is 3.22. The first-order valence-electron chi connectivity index (χ1n) is 12.8. The molecule has 1 aliphatic rings. The van der Waals surface area contributed by atoms with Gasteiger partial charge in [0.05, 0.1) is 13.1 Å². The zero-order valence-electron chi connectivity index (χ0n) is 19.3. The third-order valence-electron chi connectivity index (χ3n) is 5.86. The van der Waals surface area contributed by atoms with Crippen molar-refractivity contribution in [1.29, 1.82) is 0 Å². The molecule has 0 spiro atoms. The topological polar surface area (TPSA) is 41.9 Å². The number of hydroxylamine groups is 2. The number of rotatable bonds is 21. The van der Waals surface area contributed by atoms with Gasteiger partial charge in [-0.15, -0.1) is 0 Å². The molecule has 0 amide bonds. The van der Waals surface area contributed by atoms with E-state index < -0.39 is 0 Å². The average molecular weight is 409 g/mol. The van der Waals surface area contributed by atoms with Gasteiger partial charge >= 0.3 is 5.97 Å². The van der Waals surface area contributed by atoms with Crippen molar-refractivity contribution < 1.29 is 9.63 Å². The highest BCUT2D eigenvalue weighted by Gasteiger charge is 2.11. The fraction of sp³-hybridized carbons (Fsp3) is 0.920. The summed E-state index contributed by atoms with van der Waals surface area (Å²) in [5, 5.41) is 1.54. The molecule has 0 atom stereocenters. The summed E-state index contributed by atoms with van der Waals surface area (Å²) in [6.07, 6.45) is 28.2. The van der Waals surface area contributed by atoms with Gasteiger partial charge in [-0.05, 0) is 6.42 Å². The minimum atomic E-state index is -0.120. The van der Waals surface area contributed by atoms with Crippen LogP contribution in [0.15, 0.2) is 4.99 Å². The van der Waals surface area contributed by atoms with Crippen LogP contribution in [0.25, 0.3) is 0 Å². The van der Waals surface area contributed by atoms with E-state index in [-0.39, 0.29) is 5.97 Å². The number of hydrogen-bond donors (Lipinski definition) is 0. The molecule has 0 aromatic heterocycles. The minimum Gasteiger partial charge on any atom is -0.340 e. The van der Waals surface area contributed by atoms with E-state index >= 15 is 0 Å². The molecule has 0 N–H and O–H groups in total. The Bertz CT molecular complexity index is 398. The molecular formula is C25H48N2O2. The summed E-state index contributed by atoms with van der Waals surface area (Å²) < 4.78 is 0. The van der Waals surface area contributed by atoms with Gasteiger partial charge in [0.15, 0.2) is 0 Å². The quantitative estimate of drug-likeness (QED) is 0.183. The van der Waals surface area contributed by atoms with Crippen LogP contribution in [-0.4, -0.2) is 30.5 Å². The van der Waals surface area contributed by atoms with Gasteiger partial charge < -0.3 is 4.84 Å². The van der Waals surface area contributed by atoms with Gasteiger partial charge in [-0.25, -0.2) is 4.79 Å². The van der Waals surface area contributed by atoms with Gasteiger partial charge in [-0.1, -0.05) is 122 Å². The predicted molar refractivity (Wildman–Crippen MR) is 124 cm³/mol. The van der Waals surface area contributed by atoms with Crippen LogP contribution < -0.4 is 0 Å². The van der Waals surface area contributed by atoms with E-state index in [9.17, 15) is 4.79 Å². The Morgan fingerprint density at radius 2 is 1.14 bits per heavy atom. The van der Waals surface area contributed by atoms with Gasteiger partial charge in [0.25, 0.3) is 0 Å². The molecule has 0 saturated carbocycles. The van der Waals surface area contributed by atoms with Crippen molar-refractivity contribution in [3.8, 4) is 0 Å². The van der Waals surface area contributed by atoms with E-state index in [4.69, 9.17) is 4.84 Å². The highest BCUT2D eigenvalue weighted by molar-refractivity contribution is 5.70. The van der Waals surface area contributed by atoms with Crippen molar-refractivity contribution in [2.24, 2.45) is 4.99 Å². The second-order valence-corrected chi connectivity index (χ2v) is 8.74. The second-order valence-electron chi connectivity index (χ2n) is 8.74. The lowest BCUT2D eigenvalue weighted by molar-refractivity contribution is -0.170. The normalized spacial score (nSPS) is 13.3. The van der Waals surface area contributed by atoms with E-state index in [0.717, 1.165) is 19.4 Å². The van der Waals surface area contributed by atoms with Crippen LogP contribution in [0.5, 0.6) is 0 Å². The number of carbonyl (C=O) groups is 1. The molecule has 1 heterocycles. The summed E-state index contributed by atoms with van der Waals surface area (Å²) in [5.41, 5.74) is 0. The lowest BCUT2D eigenvalue weighted by atomic mass is 10.0. The smallest absolute Gasteiger partial charge is 0.332 e. The van der Waals surface area contributed by atoms with Crippen LogP contribution in [0.1, 0.15) is 135 Å². The molecule has 0 aliphatic carbocycles. The van der Waals surface area contributed by atoms with Crippen molar-refractivity contribution in [2.45, 2.75) is 135 Å². The van der Waals surface area contributed by atoms with Crippen LogP contribution in [0, 0.1) is 0 Å². The fourth-order valence-corrected chi connectivity index (χ4v) is 3.96. The Balaban J connectivity index is 1.68. The van der Waals surface area contributed by atoms with Crippen molar-refractivity contribution in [1.82, 2.24) is 5.06 Å². The van der Waals surface area contributed by atoms with E-state index in [2.05, 4.69) is 11.9 Å². The van der Waals surface area contributed by atoms with Crippen molar-refractivity contribution in [3.05, 3.63) is 0 Å². The Hall–Kier alpha value is -1.06. The lowest BCUT2D eigenvalue weighted by Crippen LogP contribution is -2.24. The molecular weight excluding hydrogens is 360 g/mol. The minimum absolute atomic E-state index is 0.120. The molecule has 0 fully saturated rings. The van der Waals surface area contributed by atoms with Gasteiger partial charge in [-0.3, -0.25) is 4.99 Å². The number of hydrogen-bond acceptors (Lipinski definition) is 4. The predicted octanol–water partition coefficient (Wildman–Crippen LogP) is 7.61. The van der Waals surface area contributed by atoms with Crippen LogP contribution in [0.2, 0.25) is 0 Å². The fourth-order valence-electron chi connectivity index (χ4n) is 3.96. The molecule has 4 nitrogen and oxygen atoms in total. The summed E-state index contributed by atoms with van der Waals surface area (Å²) in [6.45, 7) is 3.72. The molecule has 0 radical (unpaired) electrons. The highest BCUT2D eigenvalue weighted by atomic mass is 16.7. The largest absolute Gasteiger partial charge is 0.340 e. The third kappa shape index (κ3) is 17.5. The first-order chi connectivity index (χ1) is 14.3. The zero-order chi connectivity index (χ0) is 20.8. The standard InChI is InChI=1S/C25H48N2O2/c1-2-3-4-5-6-7-8-9-10-11-12-13-14-15-16-17-18-19-20-21-25(28)29-27-23-22-26-24-27/h24H,2-23H2,1H3. The van der Waals surface area contributed by atoms with E-state index in [1.807, 2.05) is 0 Å². The highest BCUT2D eigenvalue weighted by Crippen LogP contribution is 2.15. The summed E-state index contributed by atoms with van der Waals surface area (Å²) >= 11 is 0. The molecule has 4 heteroatoms. The molecule has 29 heavy (non-hydrogen) atoms. The second kappa shape index (κ2) is 20.2. The summed E-state index contributed by atoms with van der Waals surface area (Å²) in [6, 6.07) is 0. The van der Waals surface area contributed by atoms with Gasteiger partial charge in [-0.2, -0.15) is 5.06 Å². The van der Waals surface area contributed by atoms with Crippen LogP contribution in [0.3, 0.4) is 0 Å². The van der Waals surface area contributed by atoms with E-state index in [1.54, 1.807) is 6.34 Å². The van der Waals surface area contributed by atoms with Crippen LogP contribution in [0.4, 0.5) is 0 Å². The SMILES string of the molecule is CCCCCCCCCCCCCCCCCCCCCC(=O)ON1C=NCC1. The summed E-state index contributed by atoms with van der Waals surface area (Å²) in [7, 11) is 0. The Labute approximate surface area is 180 Å². The Morgan fingerprint density at radius 3 is 1.52 bits per heavy atom. The molecule has 170 valence electrons. The molecule has 1 rings (SSSR count). The zero-order valence-corrected chi connectivity index (χ0v) is 19.3. The van der Waals surface area contributed by atoms with Crippen molar-refractivity contribution in [3.63, 3.8) is 0 Å². The van der Waals surface area contributed by atoms with E-state index in [0.29, 0.717) is 13.0 Å². The monoisotopic (exact) mass is 408 g/mol. The summed E-state index contributed by atoms with van der Waals surface area (Å²) in [5.74, 6) is -0.120. The van der Waals surface area contributed by atoms with Gasteiger partial charge in [0.2, 0.25) is 0 Å². The molecule has 0 unspecified atom stereocenters. The molecule has 0 saturated heterocycles. The molecule has 1 aliphatic heterocycles. The van der Waals surface area contributed by atoms with Crippen molar-refractivity contribution >= 4 is 12.3 Å². The summed E-state index contributed by atoms with van der Waals surface area (Å²) in [4.78, 5) is 20.9. The third-order valence-corrected chi connectivity index (χ3v) is 5.86. The molecule has 0 aromatic rings. The lowest BCUT2D eigenvalue weighted by Gasteiger charge is -2.12. The maximum atomic E-state index is 11.7. The van der Waals surface area contributed by atoms with Crippen molar-refractivity contribution in [2.75, 3.05) is 13.1 Å².